The van der Waals surface area contributed by atoms with Crippen LogP contribution in [0.5, 0.6) is 0 Å². The highest BCUT2D eigenvalue weighted by atomic mass is 16.7. The van der Waals surface area contributed by atoms with E-state index in [0.717, 1.165) is 16.7 Å². The van der Waals surface area contributed by atoms with Crippen LogP contribution in [-0.2, 0) is 9.47 Å². The van der Waals surface area contributed by atoms with Crippen LogP contribution in [0.2, 0.25) is 0 Å². The van der Waals surface area contributed by atoms with Gasteiger partial charge in [0.2, 0.25) is 0 Å². The molecule has 2 rings (SSSR count). The van der Waals surface area contributed by atoms with Crippen molar-refractivity contribution < 1.29 is 29.9 Å². The van der Waals surface area contributed by atoms with Crippen LogP contribution in [0.4, 0.5) is 0 Å². The molecule has 286 valence electrons. The number of ether oxygens (including phenoxy) is 2. The number of aliphatic hydroxyl groups excluding tert-OH is 3. The maximum absolute atomic E-state index is 10.7. The van der Waals surface area contributed by atoms with Crippen molar-refractivity contribution >= 4 is 0 Å². The Morgan fingerprint density at radius 1 is 0.731 bits per heavy atom. The molecule has 0 spiro atoms. The van der Waals surface area contributed by atoms with Crippen LogP contribution in [0.15, 0.2) is 142 Å². The molecule has 0 aromatic carbocycles. The molecule has 0 saturated carbocycles. The van der Waals surface area contributed by atoms with Gasteiger partial charge in [-0.2, -0.15) is 0 Å². The largest absolute Gasteiger partial charge is 0.388 e. The summed E-state index contributed by atoms with van der Waals surface area (Å²) >= 11 is 0. The Morgan fingerprint density at radius 3 is 1.67 bits per heavy atom. The minimum absolute atomic E-state index is 0.260. The number of hydrogen-bond donors (Lipinski definition) is 4. The zero-order chi connectivity index (χ0) is 39.1. The molecule has 1 aliphatic carbocycles. The normalized spacial score (nSPS) is 27.2. The van der Waals surface area contributed by atoms with Gasteiger partial charge in [-0.15, -0.1) is 0 Å². The molecule has 0 unspecified atom stereocenters. The van der Waals surface area contributed by atoms with Gasteiger partial charge in [0.15, 0.2) is 6.29 Å². The second kappa shape index (κ2) is 21.4. The summed E-state index contributed by atoms with van der Waals surface area (Å²) in [5, 5.41) is 41.0. The van der Waals surface area contributed by atoms with E-state index in [1.54, 1.807) is 26.8 Å². The van der Waals surface area contributed by atoms with Crippen LogP contribution >= 0.6 is 0 Å². The Balaban J connectivity index is 1.89. The lowest BCUT2D eigenvalue weighted by Crippen LogP contribution is -2.58. The van der Waals surface area contributed by atoms with Crippen molar-refractivity contribution in [1.29, 1.82) is 0 Å². The van der Waals surface area contributed by atoms with E-state index in [1.807, 2.05) is 56.4 Å². The van der Waals surface area contributed by atoms with Crippen molar-refractivity contribution in [2.24, 2.45) is 5.41 Å². The summed E-state index contributed by atoms with van der Waals surface area (Å²) in [4.78, 5) is 0. The summed E-state index contributed by atoms with van der Waals surface area (Å²) in [6, 6.07) is 0. The van der Waals surface area contributed by atoms with Crippen molar-refractivity contribution in [1.82, 2.24) is 0 Å². The second-order valence-electron chi connectivity index (χ2n) is 15.5. The number of hydrogen-bond acceptors (Lipinski definition) is 6. The molecular weight excluding hydrogens is 649 g/mol. The van der Waals surface area contributed by atoms with Crippen molar-refractivity contribution in [3.8, 4) is 0 Å². The smallest absolute Gasteiger partial charge is 0.187 e. The van der Waals surface area contributed by atoms with Gasteiger partial charge >= 0.3 is 0 Å². The first-order valence-electron chi connectivity index (χ1n) is 18.5. The van der Waals surface area contributed by atoms with Gasteiger partial charge in [-0.1, -0.05) is 151 Å². The molecule has 1 aliphatic heterocycles. The molecule has 0 amide bonds. The molecule has 4 N–H and O–H groups in total. The van der Waals surface area contributed by atoms with Gasteiger partial charge < -0.3 is 29.9 Å². The summed E-state index contributed by atoms with van der Waals surface area (Å²) < 4.78 is 11.4. The maximum Gasteiger partial charge on any atom is 0.187 e. The van der Waals surface area contributed by atoms with Gasteiger partial charge in [0, 0.05) is 0 Å². The predicted molar refractivity (Wildman–Crippen MR) is 217 cm³/mol. The minimum Gasteiger partial charge on any atom is -0.388 e. The lowest BCUT2D eigenvalue weighted by atomic mass is 9.72. The summed E-state index contributed by atoms with van der Waals surface area (Å²) in [5.41, 5.74) is 7.54. The highest BCUT2D eigenvalue weighted by Gasteiger charge is 2.44. The molecule has 6 nitrogen and oxygen atoms in total. The zero-order valence-electron chi connectivity index (χ0n) is 33.5. The standard InChI is InChI=1S/C46H66O6/c1-32(18-12-13-19-33(2)21-15-24-35(4)27-29-39-37(6)26-17-31-45(39,8)9)20-14-22-34(3)23-16-25-36(5)28-30-40(46(10,11)50)52-44-43(49)42(48)41(47)38(7)51-44/h12-16,18-25,27-30,38,40-44,47-50H,17,26,31H2,1-11H3/b13-12+,20-14+,21-15+,23-16+,29-27+,30-28+,32-18+,33-19+,34-22+,35-24+,36-25+/t38-,40-,41+,42+,43-,44-/m0/s1. The molecule has 6 atom stereocenters. The lowest BCUT2D eigenvalue weighted by molar-refractivity contribution is -0.309. The molecule has 1 heterocycles. The van der Waals surface area contributed by atoms with E-state index in [-0.39, 0.29) is 5.41 Å². The Labute approximate surface area is 314 Å². The SMILES string of the molecule is CC1=C(/C=C/C(C)=C/C=C/C(C)=C/C=C/C=C(C)/C=C/C=C(C)/C=C/C=C(C)/C=C/[C@H](O[C@@H]2O[C@@H](C)[C@@H](O)[C@@H](O)[C@@H]2O)C(C)(C)O)C(C)(C)CCC1. The van der Waals surface area contributed by atoms with Crippen LogP contribution in [-0.4, -0.2) is 62.8 Å². The van der Waals surface area contributed by atoms with E-state index in [9.17, 15) is 20.4 Å². The first-order chi connectivity index (χ1) is 24.3. The van der Waals surface area contributed by atoms with Crippen LogP contribution in [0.25, 0.3) is 0 Å². The molecule has 0 aromatic rings. The quantitative estimate of drug-likeness (QED) is 0.126. The lowest BCUT2D eigenvalue weighted by Gasteiger charge is -2.41. The zero-order valence-corrected chi connectivity index (χ0v) is 33.5. The van der Waals surface area contributed by atoms with Gasteiger partial charge in [-0.25, -0.2) is 0 Å². The third-order valence-electron chi connectivity index (χ3n) is 9.36. The maximum atomic E-state index is 10.7. The van der Waals surface area contributed by atoms with Gasteiger partial charge in [-0.05, 0) is 92.6 Å². The van der Waals surface area contributed by atoms with E-state index < -0.39 is 42.4 Å². The Hall–Kier alpha value is -3.36. The Bertz CT molecular complexity index is 1540. The molecular formula is C46H66O6. The number of aliphatic hydroxyl groups is 4. The topological polar surface area (TPSA) is 99.4 Å². The van der Waals surface area contributed by atoms with Crippen molar-refractivity contribution in [3.63, 3.8) is 0 Å². The Morgan fingerprint density at radius 2 is 1.19 bits per heavy atom. The number of allylic oxidation sites excluding steroid dienone is 23. The summed E-state index contributed by atoms with van der Waals surface area (Å²) in [7, 11) is 0. The average Bonchev–Trinajstić information content (AvgIpc) is 3.05. The van der Waals surface area contributed by atoms with Crippen LogP contribution in [0, 0.1) is 5.41 Å². The van der Waals surface area contributed by atoms with Crippen molar-refractivity contribution in [2.45, 2.75) is 138 Å². The third kappa shape index (κ3) is 15.7. The first kappa shape index (κ1) is 44.8. The van der Waals surface area contributed by atoms with Gasteiger partial charge in [0.1, 0.15) is 24.4 Å². The molecule has 52 heavy (non-hydrogen) atoms. The minimum atomic E-state index is -1.45. The van der Waals surface area contributed by atoms with Gasteiger partial charge in [-0.3, -0.25) is 0 Å². The molecule has 0 radical (unpaired) electrons. The van der Waals surface area contributed by atoms with Gasteiger partial charge in [0.05, 0.1) is 11.7 Å². The van der Waals surface area contributed by atoms with E-state index >= 15 is 0 Å². The van der Waals surface area contributed by atoms with Crippen LogP contribution in [0.3, 0.4) is 0 Å². The second-order valence-corrected chi connectivity index (χ2v) is 15.5. The third-order valence-corrected chi connectivity index (χ3v) is 9.36. The summed E-state index contributed by atoms with van der Waals surface area (Å²) in [6.45, 7) is 22.0. The summed E-state index contributed by atoms with van der Waals surface area (Å²) in [6.07, 6.45) is 31.7. The van der Waals surface area contributed by atoms with Gasteiger partial charge in [0.25, 0.3) is 0 Å². The van der Waals surface area contributed by atoms with E-state index in [2.05, 4.69) is 96.2 Å². The van der Waals surface area contributed by atoms with Crippen molar-refractivity contribution in [2.75, 3.05) is 0 Å². The van der Waals surface area contributed by atoms with E-state index in [0.29, 0.717) is 0 Å². The van der Waals surface area contributed by atoms with Crippen LogP contribution < -0.4 is 0 Å². The molecule has 2 aliphatic rings. The summed E-state index contributed by atoms with van der Waals surface area (Å²) in [5.74, 6) is 0. The monoisotopic (exact) mass is 714 g/mol. The highest BCUT2D eigenvalue weighted by Crippen LogP contribution is 2.40. The number of rotatable bonds is 15. The van der Waals surface area contributed by atoms with E-state index in [1.165, 1.54) is 41.6 Å². The predicted octanol–water partition coefficient (Wildman–Crippen LogP) is 9.57. The average molecular weight is 715 g/mol. The highest BCUT2D eigenvalue weighted by molar-refractivity contribution is 5.37. The fraction of sp³-hybridized carbons (Fsp3) is 0.478. The Kier molecular flexibility index (Phi) is 18.4. The molecule has 0 aromatic heterocycles. The fourth-order valence-corrected chi connectivity index (χ4v) is 5.93. The van der Waals surface area contributed by atoms with Crippen molar-refractivity contribution in [3.05, 3.63) is 142 Å². The fourth-order valence-electron chi connectivity index (χ4n) is 5.93. The molecule has 1 fully saturated rings. The van der Waals surface area contributed by atoms with E-state index in [4.69, 9.17) is 9.47 Å². The molecule has 1 saturated heterocycles. The molecule has 6 heteroatoms. The van der Waals surface area contributed by atoms with Crippen LogP contribution in [0.1, 0.15) is 95.4 Å². The first-order valence-corrected chi connectivity index (χ1v) is 18.5. The molecule has 0 bridgehead atoms.